The molecule has 0 bridgehead atoms. The lowest BCUT2D eigenvalue weighted by Gasteiger charge is -2.66. The van der Waals surface area contributed by atoms with Crippen LogP contribution in [0.1, 0.15) is 86.0 Å². The molecule has 2 saturated heterocycles. The molecule has 308 valence electrons. The van der Waals surface area contributed by atoms with Crippen molar-refractivity contribution in [1.29, 1.82) is 0 Å². The van der Waals surface area contributed by atoms with Crippen LogP contribution in [0.5, 0.6) is 0 Å². The van der Waals surface area contributed by atoms with Crippen LogP contribution >= 0.6 is 0 Å². The van der Waals surface area contributed by atoms with Crippen molar-refractivity contribution in [2.24, 2.45) is 46.3 Å². The fourth-order valence-corrected chi connectivity index (χ4v) is 12.5. The smallest absolute Gasteiger partial charge is 0.186 e. The van der Waals surface area contributed by atoms with E-state index in [1.165, 1.54) is 14.2 Å². The zero-order chi connectivity index (χ0) is 38.8. The highest BCUT2D eigenvalue weighted by Crippen LogP contribution is 2.70. The molecule has 8 N–H and O–H groups in total. The number of ether oxygens (including phenoxy) is 6. The molecule has 6 aliphatic rings. The van der Waals surface area contributed by atoms with Crippen LogP contribution in [-0.4, -0.2) is 154 Å². The zero-order valence-corrected chi connectivity index (χ0v) is 32.6. The predicted molar refractivity (Wildman–Crippen MR) is 189 cm³/mol. The maximum Gasteiger partial charge on any atom is 0.186 e. The molecule has 6 rings (SSSR count). The van der Waals surface area contributed by atoms with Crippen molar-refractivity contribution in [3.63, 3.8) is 0 Å². The van der Waals surface area contributed by atoms with Crippen molar-refractivity contribution < 1.29 is 69.3 Å². The Hall–Kier alpha value is -0.560. The van der Waals surface area contributed by atoms with Crippen molar-refractivity contribution in [3.05, 3.63) is 0 Å². The van der Waals surface area contributed by atoms with E-state index in [0.29, 0.717) is 32.1 Å². The number of rotatable bonds is 12. The largest absolute Gasteiger partial charge is 0.394 e. The van der Waals surface area contributed by atoms with Gasteiger partial charge in [-0.2, -0.15) is 0 Å². The Kier molecular flexibility index (Phi) is 12.7. The highest BCUT2D eigenvalue weighted by Gasteiger charge is 2.72. The van der Waals surface area contributed by atoms with Gasteiger partial charge in [-0.15, -0.1) is 0 Å². The average Bonchev–Trinajstić information content (AvgIpc) is 3.54. The molecule has 53 heavy (non-hydrogen) atoms. The summed E-state index contributed by atoms with van der Waals surface area (Å²) in [6.07, 6.45) is -6.97. The van der Waals surface area contributed by atoms with Crippen LogP contribution < -0.4 is 0 Å². The fraction of sp³-hybridized carbons (Fsp3) is 1.00. The summed E-state index contributed by atoms with van der Waals surface area (Å²) in [5, 5.41) is 89.4. The van der Waals surface area contributed by atoms with Gasteiger partial charge in [0.15, 0.2) is 12.6 Å². The van der Waals surface area contributed by atoms with Crippen LogP contribution in [-0.2, 0) is 28.4 Å². The molecular weight excluding hydrogens is 692 g/mol. The van der Waals surface area contributed by atoms with Gasteiger partial charge in [0.25, 0.3) is 0 Å². The third kappa shape index (κ3) is 7.17. The number of hydrogen-bond donors (Lipinski definition) is 8. The molecule has 4 aliphatic carbocycles. The third-order valence-corrected chi connectivity index (χ3v) is 15.2. The van der Waals surface area contributed by atoms with E-state index in [1.807, 2.05) is 13.8 Å². The van der Waals surface area contributed by atoms with Gasteiger partial charge in [-0.25, -0.2) is 0 Å². The van der Waals surface area contributed by atoms with Gasteiger partial charge in [-0.05, 0) is 79.4 Å². The van der Waals surface area contributed by atoms with Crippen molar-refractivity contribution in [1.82, 2.24) is 0 Å². The lowest BCUT2D eigenvalue weighted by atomic mass is 9.41. The predicted octanol–water partition coefficient (Wildman–Crippen LogP) is 0.702. The lowest BCUT2D eigenvalue weighted by molar-refractivity contribution is -0.321. The summed E-state index contributed by atoms with van der Waals surface area (Å²) in [5.74, 6) is -0.923. The van der Waals surface area contributed by atoms with Gasteiger partial charge in [0.05, 0.1) is 49.3 Å². The van der Waals surface area contributed by atoms with E-state index in [0.717, 1.165) is 12.8 Å². The van der Waals surface area contributed by atoms with Gasteiger partial charge in [-0.3, -0.25) is 0 Å². The molecule has 0 unspecified atom stereocenters. The number of methoxy groups -OCH3 is 2. The Morgan fingerprint density at radius 2 is 1.49 bits per heavy atom. The minimum atomic E-state index is -1.34. The van der Waals surface area contributed by atoms with Crippen LogP contribution in [0.3, 0.4) is 0 Å². The quantitative estimate of drug-likeness (QED) is 0.129. The summed E-state index contributed by atoms with van der Waals surface area (Å²) < 4.78 is 34.8. The molecule has 2 heterocycles. The second kappa shape index (κ2) is 16.0. The summed E-state index contributed by atoms with van der Waals surface area (Å²) in [4.78, 5) is 0. The Morgan fingerprint density at radius 3 is 2.11 bits per heavy atom. The number of aliphatic hydroxyl groups is 8. The molecule has 0 aromatic carbocycles. The second-order valence-electron chi connectivity index (χ2n) is 18.3. The van der Waals surface area contributed by atoms with Crippen LogP contribution in [0.4, 0.5) is 0 Å². The minimum absolute atomic E-state index is 0.0443. The zero-order valence-electron chi connectivity index (χ0n) is 32.6. The SMILES string of the molecule is CO[C@H]1[C@H](O[C@H]2CC[C@@]3(C)[C@H]([C@H]2O)[C@H](O)C[C@]2(O)[C@@H]3CC[C@]3(C)[C@@H]([C@H](C)CC[C@H](O[C@@H]4O[C@@H](CO)[C@H](O)[C@H]4O)C(C)C)C[C@@H](O)[C@H]32)OC[C@@H](OC)[C@@H]1O. The van der Waals surface area contributed by atoms with E-state index in [9.17, 15) is 40.9 Å². The first-order chi connectivity index (χ1) is 25.0. The Bertz CT molecular complexity index is 1230. The summed E-state index contributed by atoms with van der Waals surface area (Å²) in [6.45, 7) is 10.2. The topological polar surface area (TPSA) is 217 Å². The molecule has 0 aromatic heterocycles. The van der Waals surface area contributed by atoms with Crippen LogP contribution in [0.15, 0.2) is 0 Å². The van der Waals surface area contributed by atoms with E-state index >= 15 is 0 Å². The maximum absolute atomic E-state index is 12.9. The van der Waals surface area contributed by atoms with Crippen molar-refractivity contribution in [2.75, 3.05) is 27.4 Å². The van der Waals surface area contributed by atoms with E-state index in [4.69, 9.17) is 28.4 Å². The van der Waals surface area contributed by atoms with Crippen LogP contribution in [0.25, 0.3) is 0 Å². The first kappa shape index (κ1) is 42.1. The van der Waals surface area contributed by atoms with Crippen molar-refractivity contribution in [3.8, 4) is 0 Å². The van der Waals surface area contributed by atoms with Gasteiger partial charge < -0.3 is 69.3 Å². The average molecular weight is 761 g/mol. The standard InChI is InChI=1S/C39H68O14/c1-18(2)23(51-35-32(46)30(44)25(16-40)53-35)9-8-19(3)20-14-21(41)34-37(20,4)13-11-27-38(5)12-10-24(29(43)28(38)22(42)15-39(27,34)47)52-36-33(49-7)31(45)26(48-6)17-50-36/h18-36,40-47H,8-17H2,1-7H3/t19-,20-,21-,22-,23+,24+,25+,26-,27-,28+,29+,30+,31+,32-,33-,34-,35-,36+,37-,38-,39+/m1/s1. The highest BCUT2D eigenvalue weighted by molar-refractivity contribution is 5.21. The third-order valence-electron chi connectivity index (χ3n) is 15.2. The molecule has 14 heteroatoms. The van der Waals surface area contributed by atoms with E-state index in [2.05, 4.69) is 20.8 Å². The second-order valence-corrected chi connectivity index (χ2v) is 18.3. The minimum Gasteiger partial charge on any atom is -0.394 e. The first-order valence-corrected chi connectivity index (χ1v) is 20.0. The van der Waals surface area contributed by atoms with Gasteiger partial charge in [0.1, 0.15) is 36.6 Å². The van der Waals surface area contributed by atoms with Crippen molar-refractivity contribution >= 4 is 0 Å². The van der Waals surface area contributed by atoms with Crippen LogP contribution in [0, 0.1) is 46.3 Å². The summed E-state index contributed by atoms with van der Waals surface area (Å²) in [5.41, 5.74) is -2.35. The van der Waals surface area contributed by atoms with Gasteiger partial charge >= 0.3 is 0 Å². The Balaban J connectivity index is 1.14. The number of hydrogen-bond acceptors (Lipinski definition) is 14. The van der Waals surface area contributed by atoms with Gasteiger partial charge in [0, 0.05) is 32.5 Å². The summed E-state index contributed by atoms with van der Waals surface area (Å²) >= 11 is 0. The molecule has 21 atom stereocenters. The maximum atomic E-state index is 12.9. The molecule has 0 aromatic rings. The molecule has 0 radical (unpaired) electrons. The molecule has 0 spiro atoms. The Morgan fingerprint density at radius 1 is 0.792 bits per heavy atom. The van der Waals surface area contributed by atoms with E-state index in [1.54, 1.807) is 0 Å². The molecule has 14 nitrogen and oxygen atoms in total. The molecule has 2 aliphatic heterocycles. The molecule has 4 saturated carbocycles. The lowest BCUT2D eigenvalue weighted by Crippen LogP contribution is -2.71. The highest BCUT2D eigenvalue weighted by atomic mass is 16.7. The van der Waals surface area contributed by atoms with E-state index in [-0.39, 0.29) is 42.8 Å². The monoisotopic (exact) mass is 760 g/mol. The molecular formula is C39H68O14. The molecule has 0 amide bonds. The molecule has 6 fully saturated rings. The fourth-order valence-electron chi connectivity index (χ4n) is 12.5. The van der Waals surface area contributed by atoms with Gasteiger partial charge in [-0.1, -0.05) is 34.6 Å². The summed E-state index contributed by atoms with van der Waals surface area (Å²) in [6, 6.07) is 0. The normalized spacial score (nSPS) is 52.5. The number of aliphatic hydroxyl groups excluding tert-OH is 7. The van der Waals surface area contributed by atoms with Crippen molar-refractivity contribution in [2.45, 2.75) is 171 Å². The Labute approximate surface area is 314 Å². The van der Waals surface area contributed by atoms with E-state index < -0.39 is 108 Å². The summed E-state index contributed by atoms with van der Waals surface area (Å²) in [7, 11) is 2.95. The number of fused-ring (bicyclic) bond motifs is 5. The van der Waals surface area contributed by atoms with Crippen LogP contribution in [0.2, 0.25) is 0 Å². The van der Waals surface area contributed by atoms with Gasteiger partial charge in [0.2, 0.25) is 0 Å². The first-order valence-electron chi connectivity index (χ1n) is 20.0.